The fourth-order valence-electron chi connectivity index (χ4n) is 18.3. The molecule has 24 rings (SSSR count). The highest BCUT2D eigenvalue weighted by atomic mass is 15.0. The molecule has 0 saturated carbocycles. The van der Waals surface area contributed by atoms with Crippen molar-refractivity contribution in [3.05, 3.63) is 437 Å². The zero-order valence-electron chi connectivity index (χ0n) is 65.1. The van der Waals surface area contributed by atoms with Crippen molar-refractivity contribution in [3.63, 3.8) is 0 Å². The first kappa shape index (κ1) is 69.4. The normalized spacial score (nSPS) is 11.7. The molecule has 16 aromatic carbocycles. The summed E-state index contributed by atoms with van der Waals surface area (Å²) in [6, 6.07) is 150. The Morgan fingerprint density at radius 2 is 0.458 bits per heavy atom. The van der Waals surface area contributed by atoms with E-state index in [0.29, 0.717) is 0 Å². The summed E-state index contributed by atoms with van der Waals surface area (Å²) in [5.74, 6) is 0. The van der Waals surface area contributed by atoms with E-state index in [1.807, 2.05) is 30.7 Å². The fraction of sp³-hybridized carbons (Fsp3) is 0. The molecule has 0 unspecified atom stereocenters. The summed E-state index contributed by atoms with van der Waals surface area (Å²) < 4.78 is 9.44. The van der Waals surface area contributed by atoms with Gasteiger partial charge in [-0.3, -0.25) is 9.97 Å². The lowest BCUT2D eigenvalue weighted by molar-refractivity contribution is 1.18. The summed E-state index contributed by atoms with van der Waals surface area (Å²) in [5.41, 5.74) is 33.5. The minimum absolute atomic E-state index is 0.932. The second-order valence-corrected chi connectivity index (χ2v) is 30.9. The molecule has 24 aromatic rings. The number of rotatable bonds is 12. The van der Waals surface area contributed by atoms with Crippen molar-refractivity contribution in [2.45, 2.75) is 0 Å². The van der Waals surface area contributed by atoms with Crippen LogP contribution in [0.15, 0.2) is 437 Å². The summed E-state index contributed by atoms with van der Waals surface area (Å²) in [6.45, 7) is 0. The van der Waals surface area contributed by atoms with Crippen molar-refractivity contribution in [1.82, 2.24) is 38.2 Å². The predicted octanol–water partition coefficient (Wildman–Crippen LogP) is 29.0. The number of hydrogen-bond acceptors (Lipinski definition) is 4. The lowest BCUT2D eigenvalue weighted by Crippen LogP contribution is -1.94. The van der Waals surface area contributed by atoms with Gasteiger partial charge in [0.2, 0.25) is 0 Å². The van der Waals surface area contributed by atoms with Crippen molar-refractivity contribution >= 4 is 109 Å². The van der Waals surface area contributed by atoms with Crippen molar-refractivity contribution in [2.24, 2.45) is 0 Å². The average Bonchev–Trinajstić information content (AvgIpc) is 1.66. The molecule has 0 amide bonds. The number of pyridine rings is 4. The molecule has 0 bridgehead atoms. The quantitative estimate of drug-likeness (QED) is 0.122. The van der Waals surface area contributed by atoms with Gasteiger partial charge in [-0.15, -0.1) is 0 Å². The second kappa shape index (κ2) is 29.0. The van der Waals surface area contributed by atoms with E-state index in [1.54, 1.807) is 0 Å². The molecule has 0 aliphatic rings. The maximum atomic E-state index is 5.40. The van der Waals surface area contributed by atoms with Gasteiger partial charge in [0.1, 0.15) is 0 Å². The maximum Gasteiger partial charge on any atom is 0.0716 e. The highest BCUT2D eigenvalue weighted by molar-refractivity contribution is 6.15. The van der Waals surface area contributed by atoms with E-state index in [4.69, 9.17) is 15.0 Å². The van der Waals surface area contributed by atoms with E-state index in [2.05, 4.69) is 430 Å². The highest BCUT2D eigenvalue weighted by Gasteiger charge is 2.22. The third kappa shape index (κ3) is 12.0. The number of nitrogens with zero attached hydrogens (tertiary/aromatic N) is 8. The molecule has 0 aliphatic carbocycles. The van der Waals surface area contributed by atoms with Crippen molar-refractivity contribution < 1.29 is 0 Å². The Morgan fingerprint density at radius 1 is 0.158 bits per heavy atom. The van der Waals surface area contributed by atoms with Crippen LogP contribution in [0.5, 0.6) is 0 Å². The van der Waals surface area contributed by atoms with Crippen LogP contribution in [0.1, 0.15) is 0 Å². The molecular formula is C112H72N8. The van der Waals surface area contributed by atoms with Gasteiger partial charge in [-0.2, -0.15) is 0 Å². The molecule has 8 nitrogen and oxygen atoms in total. The first-order chi connectivity index (χ1) is 59.5. The summed E-state index contributed by atoms with van der Waals surface area (Å²) in [5, 5.41) is 12.0. The van der Waals surface area contributed by atoms with Crippen LogP contribution in [0.3, 0.4) is 0 Å². The van der Waals surface area contributed by atoms with Crippen LogP contribution in [0.2, 0.25) is 0 Å². The topological polar surface area (TPSA) is 71.3 Å². The van der Waals surface area contributed by atoms with Crippen LogP contribution in [0, 0.1) is 0 Å². The number of fused-ring (bicyclic) bond motifs is 14. The van der Waals surface area contributed by atoms with Crippen LogP contribution >= 0.6 is 0 Å². The number of benzene rings is 16. The number of aromatic nitrogens is 8. The molecule has 8 heterocycles. The summed E-state index contributed by atoms with van der Waals surface area (Å²) in [4.78, 5) is 19.7. The van der Waals surface area contributed by atoms with Gasteiger partial charge in [-0.25, -0.2) is 9.97 Å². The Kier molecular flexibility index (Phi) is 16.7. The molecule has 0 saturated heterocycles. The van der Waals surface area contributed by atoms with Crippen LogP contribution in [0.4, 0.5) is 0 Å². The third-order valence-electron chi connectivity index (χ3n) is 24.0. The Morgan fingerprint density at radius 3 is 0.858 bits per heavy atom. The first-order valence-electron chi connectivity index (χ1n) is 40.8. The molecule has 0 N–H and O–H groups in total. The molecule has 0 fully saturated rings. The Hall–Kier alpha value is -16.2. The van der Waals surface area contributed by atoms with E-state index in [0.717, 1.165) is 128 Å². The minimum Gasteiger partial charge on any atom is -0.309 e. The third-order valence-corrected chi connectivity index (χ3v) is 24.0. The van der Waals surface area contributed by atoms with Crippen LogP contribution in [-0.4, -0.2) is 38.2 Å². The van der Waals surface area contributed by atoms with Crippen LogP contribution in [0.25, 0.3) is 221 Å². The SMILES string of the molecule is c1ccc(-n2c3ccccc3c3cc(-c4ccc5nc(-c6ccc7c(c6)c6ccccc6n7-c6ccccc6)cc(-c6ccc(-c7ccncc7)cc6)c5c4)ccc32)cc1.c1ccc(-n2c3ccccc3c3cc(-c4ccc5nc(-c6ccc7c(c6)c6ccccc6n7-c6ccccc6)cc(-c6cccc(-c7ccccn7)c6)c5c4)ccc32)cc1. The largest absolute Gasteiger partial charge is 0.309 e. The molecule has 0 radical (unpaired) electrons. The van der Waals surface area contributed by atoms with Crippen molar-refractivity contribution in [2.75, 3.05) is 0 Å². The Labute approximate surface area is 692 Å². The predicted molar refractivity (Wildman–Crippen MR) is 500 cm³/mol. The summed E-state index contributed by atoms with van der Waals surface area (Å²) in [7, 11) is 0. The summed E-state index contributed by atoms with van der Waals surface area (Å²) in [6.07, 6.45) is 5.55. The molecule has 0 atom stereocenters. The number of hydrogen-bond donors (Lipinski definition) is 0. The van der Waals surface area contributed by atoms with Crippen molar-refractivity contribution in [3.8, 4) is 112 Å². The zero-order chi connectivity index (χ0) is 79.1. The molecule has 120 heavy (non-hydrogen) atoms. The standard InChI is InChI=1S/2C56H36N4/c1-3-16-42(17-4-1)59-53-23-9-7-20-44(53)48-34-38(26-29-55(48)59)37-25-28-51-47(33-37)46(39-14-13-15-40(32-39)50-22-11-12-31-57-50)36-52(58-51)41-27-30-56-49(35-41)45-21-8-10-24-54(45)60(56)43-18-5-2-6-19-43;1-3-11-43(12-4-1)59-53-17-9-7-15-45(53)49-34-41(24-27-55(49)59)40-23-26-51-48(33-40)47(39-21-19-37(20-22-39)38-29-31-57-32-30-38)36-52(58-51)42-25-28-56-50(35-42)46-16-8-10-18-54(46)60(56)44-13-5-2-6-14-44/h2*1-36H. The van der Waals surface area contributed by atoms with Gasteiger partial charge in [0.25, 0.3) is 0 Å². The molecule has 8 heteroatoms. The average molecular weight is 1530 g/mol. The Balaban J connectivity index is 0.000000140. The lowest BCUT2D eigenvalue weighted by Gasteiger charge is -2.14. The van der Waals surface area contributed by atoms with E-state index in [-0.39, 0.29) is 0 Å². The van der Waals surface area contributed by atoms with Gasteiger partial charge in [0.15, 0.2) is 0 Å². The Bertz CT molecular complexity index is 8110. The molecule has 0 spiro atoms. The smallest absolute Gasteiger partial charge is 0.0716 e. The molecule has 0 aliphatic heterocycles. The van der Waals surface area contributed by atoms with Crippen molar-refractivity contribution in [1.29, 1.82) is 0 Å². The fourth-order valence-corrected chi connectivity index (χ4v) is 18.3. The van der Waals surface area contributed by atoms with Gasteiger partial charge < -0.3 is 18.3 Å². The molecule has 560 valence electrons. The van der Waals surface area contributed by atoms with Gasteiger partial charge in [-0.1, -0.05) is 231 Å². The maximum absolute atomic E-state index is 5.40. The van der Waals surface area contributed by atoms with Crippen LogP contribution < -0.4 is 0 Å². The van der Waals surface area contributed by atoms with Gasteiger partial charge in [0, 0.05) is 112 Å². The molecule has 8 aromatic heterocycles. The molecular weight excluding hydrogens is 1460 g/mol. The van der Waals surface area contributed by atoms with E-state index < -0.39 is 0 Å². The van der Waals surface area contributed by atoms with Gasteiger partial charge in [0.05, 0.1) is 72.2 Å². The van der Waals surface area contributed by atoms with E-state index in [1.165, 1.54) is 92.8 Å². The van der Waals surface area contributed by atoms with Crippen LogP contribution in [-0.2, 0) is 0 Å². The lowest BCUT2D eigenvalue weighted by atomic mass is 9.93. The summed E-state index contributed by atoms with van der Waals surface area (Å²) >= 11 is 0. The monoisotopic (exact) mass is 1530 g/mol. The minimum atomic E-state index is 0.932. The van der Waals surface area contributed by atoms with E-state index in [9.17, 15) is 0 Å². The van der Waals surface area contributed by atoms with Gasteiger partial charge >= 0.3 is 0 Å². The van der Waals surface area contributed by atoms with E-state index >= 15 is 0 Å². The van der Waals surface area contributed by atoms with Gasteiger partial charge in [-0.05, 0) is 244 Å². The number of para-hydroxylation sites is 8. The first-order valence-corrected chi connectivity index (χ1v) is 40.8. The zero-order valence-corrected chi connectivity index (χ0v) is 65.1. The second-order valence-electron chi connectivity index (χ2n) is 30.9. The highest BCUT2D eigenvalue weighted by Crippen LogP contribution is 2.45.